The second kappa shape index (κ2) is 6.54. The molecular formula is C18H17N3O3. The van der Waals surface area contributed by atoms with Crippen molar-refractivity contribution in [2.24, 2.45) is 0 Å². The molecule has 0 unspecified atom stereocenters. The highest BCUT2D eigenvalue weighted by atomic mass is 16.5. The van der Waals surface area contributed by atoms with Crippen molar-refractivity contribution in [3.63, 3.8) is 0 Å². The van der Waals surface area contributed by atoms with E-state index >= 15 is 0 Å². The molecule has 6 nitrogen and oxygen atoms in total. The number of hydrogen-bond donors (Lipinski definition) is 1. The van der Waals surface area contributed by atoms with Gasteiger partial charge in [-0.3, -0.25) is 4.79 Å². The summed E-state index contributed by atoms with van der Waals surface area (Å²) in [5.41, 5.74) is 2.33. The van der Waals surface area contributed by atoms with Crippen LogP contribution in [0.25, 0.3) is 0 Å². The van der Waals surface area contributed by atoms with Crippen LogP contribution in [0.15, 0.2) is 46.9 Å². The van der Waals surface area contributed by atoms with Crippen LogP contribution in [0.2, 0.25) is 0 Å². The third-order valence-electron chi connectivity index (χ3n) is 3.25. The smallest absolute Gasteiger partial charge is 0.322 e. The van der Waals surface area contributed by atoms with E-state index in [2.05, 4.69) is 15.3 Å². The number of aryl methyl sites for hydroxylation is 3. The van der Waals surface area contributed by atoms with Crippen molar-refractivity contribution in [3.8, 4) is 11.8 Å². The quantitative estimate of drug-likeness (QED) is 0.784. The van der Waals surface area contributed by atoms with Gasteiger partial charge in [-0.25, -0.2) is 9.97 Å². The first-order valence-corrected chi connectivity index (χ1v) is 7.47. The van der Waals surface area contributed by atoms with Gasteiger partial charge in [-0.1, -0.05) is 0 Å². The SMILES string of the molecule is Cc1cc(C)nc(Oc2ccc(NC(=O)c3ccc(C)o3)cc2)n1. The minimum atomic E-state index is -0.297. The molecule has 24 heavy (non-hydrogen) atoms. The monoisotopic (exact) mass is 323 g/mol. The summed E-state index contributed by atoms with van der Waals surface area (Å²) in [5.74, 6) is 1.26. The Bertz CT molecular complexity index is 849. The number of benzene rings is 1. The van der Waals surface area contributed by atoms with Crippen LogP contribution in [0.4, 0.5) is 5.69 Å². The average molecular weight is 323 g/mol. The van der Waals surface area contributed by atoms with Crippen molar-refractivity contribution < 1.29 is 13.9 Å². The zero-order chi connectivity index (χ0) is 17.1. The molecule has 1 aromatic carbocycles. The summed E-state index contributed by atoms with van der Waals surface area (Å²) in [6.07, 6.45) is 0. The van der Waals surface area contributed by atoms with Crippen LogP contribution >= 0.6 is 0 Å². The van der Waals surface area contributed by atoms with Gasteiger partial charge < -0.3 is 14.5 Å². The molecule has 122 valence electrons. The lowest BCUT2D eigenvalue weighted by Crippen LogP contribution is -2.10. The van der Waals surface area contributed by atoms with Gasteiger partial charge in [0.2, 0.25) is 0 Å². The molecule has 1 N–H and O–H groups in total. The predicted octanol–water partition coefficient (Wildman–Crippen LogP) is 4.04. The van der Waals surface area contributed by atoms with E-state index in [1.165, 1.54) is 0 Å². The zero-order valence-electron chi connectivity index (χ0n) is 13.7. The minimum Gasteiger partial charge on any atom is -0.456 e. The maximum absolute atomic E-state index is 12.0. The molecule has 0 radical (unpaired) electrons. The highest BCUT2D eigenvalue weighted by molar-refractivity contribution is 6.02. The highest BCUT2D eigenvalue weighted by Crippen LogP contribution is 2.21. The minimum absolute atomic E-state index is 0.275. The fraction of sp³-hybridized carbons (Fsp3) is 0.167. The number of aromatic nitrogens is 2. The number of furan rings is 1. The Morgan fingerprint density at radius 2 is 1.67 bits per heavy atom. The Kier molecular flexibility index (Phi) is 4.29. The number of amides is 1. The lowest BCUT2D eigenvalue weighted by atomic mass is 10.3. The molecule has 2 aromatic heterocycles. The summed E-state index contributed by atoms with van der Waals surface area (Å²) in [6, 6.07) is 12.5. The van der Waals surface area contributed by atoms with Gasteiger partial charge in [-0.15, -0.1) is 0 Å². The van der Waals surface area contributed by atoms with Gasteiger partial charge in [0.25, 0.3) is 5.91 Å². The highest BCUT2D eigenvalue weighted by Gasteiger charge is 2.10. The van der Waals surface area contributed by atoms with Crippen molar-refractivity contribution in [1.82, 2.24) is 9.97 Å². The predicted molar refractivity (Wildman–Crippen MR) is 89.4 cm³/mol. The van der Waals surface area contributed by atoms with E-state index in [4.69, 9.17) is 9.15 Å². The molecule has 1 amide bonds. The number of hydrogen-bond acceptors (Lipinski definition) is 5. The Morgan fingerprint density at radius 3 is 2.25 bits per heavy atom. The van der Waals surface area contributed by atoms with Crippen LogP contribution in [-0.4, -0.2) is 15.9 Å². The maximum Gasteiger partial charge on any atom is 0.322 e. The van der Waals surface area contributed by atoms with E-state index in [1.807, 2.05) is 19.9 Å². The van der Waals surface area contributed by atoms with Gasteiger partial charge in [-0.2, -0.15) is 0 Å². The molecule has 3 rings (SSSR count). The van der Waals surface area contributed by atoms with Gasteiger partial charge in [0.15, 0.2) is 5.76 Å². The molecule has 2 heterocycles. The number of ether oxygens (including phenoxy) is 1. The van der Waals surface area contributed by atoms with Crippen LogP contribution in [0, 0.1) is 20.8 Å². The molecule has 0 aliphatic carbocycles. The van der Waals surface area contributed by atoms with Gasteiger partial charge in [0, 0.05) is 17.1 Å². The molecular weight excluding hydrogens is 306 g/mol. The Morgan fingerprint density at radius 1 is 1.00 bits per heavy atom. The molecule has 0 atom stereocenters. The van der Waals surface area contributed by atoms with Crippen molar-refractivity contribution in [2.45, 2.75) is 20.8 Å². The fourth-order valence-electron chi connectivity index (χ4n) is 2.20. The van der Waals surface area contributed by atoms with Crippen LogP contribution < -0.4 is 10.1 Å². The van der Waals surface area contributed by atoms with Crippen molar-refractivity contribution in [2.75, 3.05) is 5.32 Å². The topological polar surface area (TPSA) is 77.2 Å². The zero-order valence-corrected chi connectivity index (χ0v) is 13.7. The van der Waals surface area contributed by atoms with Crippen LogP contribution in [0.1, 0.15) is 27.7 Å². The van der Waals surface area contributed by atoms with E-state index in [0.29, 0.717) is 23.2 Å². The summed E-state index contributed by atoms with van der Waals surface area (Å²) in [6.45, 7) is 5.56. The van der Waals surface area contributed by atoms with E-state index in [1.54, 1.807) is 43.3 Å². The van der Waals surface area contributed by atoms with Crippen molar-refractivity contribution in [1.29, 1.82) is 0 Å². The lowest BCUT2D eigenvalue weighted by molar-refractivity contribution is 0.0995. The van der Waals surface area contributed by atoms with E-state index in [0.717, 1.165) is 11.4 Å². The third kappa shape index (κ3) is 3.78. The van der Waals surface area contributed by atoms with Crippen LogP contribution in [0.5, 0.6) is 11.8 Å². The number of anilines is 1. The van der Waals surface area contributed by atoms with Gasteiger partial charge in [-0.05, 0) is 63.2 Å². The molecule has 0 saturated heterocycles. The largest absolute Gasteiger partial charge is 0.456 e. The van der Waals surface area contributed by atoms with Gasteiger partial charge in [0.05, 0.1) is 0 Å². The van der Waals surface area contributed by atoms with E-state index < -0.39 is 0 Å². The second-order valence-electron chi connectivity index (χ2n) is 5.42. The van der Waals surface area contributed by atoms with E-state index in [-0.39, 0.29) is 11.7 Å². The third-order valence-corrected chi connectivity index (χ3v) is 3.25. The Balaban J connectivity index is 1.68. The summed E-state index contributed by atoms with van der Waals surface area (Å²) < 4.78 is 10.9. The first-order valence-electron chi connectivity index (χ1n) is 7.47. The molecule has 0 spiro atoms. The molecule has 6 heteroatoms. The van der Waals surface area contributed by atoms with Crippen LogP contribution in [0.3, 0.4) is 0 Å². The molecule has 0 aliphatic heterocycles. The molecule has 0 aliphatic rings. The lowest BCUT2D eigenvalue weighted by Gasteiger charge is -2.07. The normalized spacial score (nSPS) is 10.5. The van der Waals surface area contributed by atoms with E-state index in [9.17, 15) is 4.79 Å². The summed E-state index contributed by atoms with van der Waals surface area (Å²) in [4.78, 5) is 20.5. The number of nitrogens with zero attached hydrogens (tertiary/aromatic N) is 2. The molecule has 0 saturated carbocycles. The first kappa shape index (κ1) is 15.7. The number of carbonyl (C=O) groups is 1. The van der Waals surface area contributed by atoms with Crippen LogP contribution in [-0.2, 0) is 0 Å². The number of rotatable bonds is 4. The molecule has 0 fully saturated rings. The maximum atomic E-state index is 12.0. The average Bonchev–Trinajstić information content (AvgIpc) is 2.95. The Hall–Kier alpha value is -3.15. The van der Waals surface area contributed by atoms with Gasteiger partial charge in [0.1, 0.15) is 11.5 Å². The van der Waals surface area contributed by atoms with Gasteiger partial charge >= 0.3 is 6.01 Å². The van der Waals surface area contributed by atoms with Crippen molar-refractivity contribution in [3.05, 3.63) is 65.4 Å². The first-order chi connectivity index (χ1) is 11.5. The van der Waals surface area contributed by atoms with Crippen molar-refractivity contribution >= 4 is 11.6 Å². The molecule has 3 aromatic rings. The molecule has 0 bridgehead atoms. The summed E-state index contributed by atoms with van der Waals surface area (Å²) in [5, 5.41) is 2.76. The standard InChI is InChI=1S/C18H17N3O3/c1-11-10-12(2)20-18(19-11)24-15-7-5-14(6-8-15)21-17(22)16-9-4-13(3)23-16/h4-10H,1-3H3,(H,21,22). The number of carbonyl (C=O) groups excluding carboxylic acids is 1. The second-order valence-corrected chi connectivity index (χ2v) is 5.42. The fourth-order valence-corrected chi connectivity index (χ4v) is 2.20. The number of nitrogens with one attached hydrogen (secondary N) is 1. The Labute approximate surface area is 139 Å². The summed E-state index contributed by atoms with van der Waals surface area (Å²) in [7, 11) is 0. The summed E-state index contributed by atoms with van der Waals surface area (Å²) >= 11 is 0.